The predicted octanol–water partition coefficient (Wildman–Crippen LogP) is 4.22. The topological polar surface area (TPSA) is 56.6 Å². The summed E-state index contributed by atoms with van der Waals surface area (Å²) in [5.74, 6) is -0.476. The van der Waals surface area contributed by atoms with Crippen LogP contribution in [0.1, 0.15) is 39.3 Å². The second-order valence-corrected chi connectivity index (χ2v) is 9.51. The van der Waals surface area contributed by atoms with Crippen LogP contribution in [0.2, 0.25) is 0 Å². The zero-order valence-electron chi connectivity index (χ0n) is 15.8. The van der Waals surface area contributed by atoms with Crippen molar-refractivity contribution in [3.8, 4) is 11.1 Å². The van der Waals surface area contributed by atoms with E-state index in [1.807, 2.05) is 64.1 Å². The average molecular weight is 386 g/mol. The summed E-state index contributed by atoms with van der Waals surface area (Å²) in [4.78, 5) is 13.2. The lowest BCUT2D eigenvalue weighted by Gasteiger charge is -2.27. The number of nitrogens with one attached hydrogen (secondary N) is 1. The Labute approximate surface area is 161 Å². The number of benzene rings is 1. The Kier molecular flexibility index (Phi) is 5.42. The predicted molar refractivity (Wildman–Crippen MR) is 109 cm³/mol. The van der Waals surface area contributed by atoms with Crippen molar-refractivity contribution < 1.29 is 8.94 Å². The minimum Gasteiger partial charge on any atom is -0.598 e. The van der Waals surface area contributed by atoms with Crippen molar-refractivity contribution in [3.05, 3.63) is 76.5 Å². The number of fused-ring (bicyclic) bond motifs is 1. The molecule has 0 saturated carbocycles. The van der Waals surface area contributed by atoms with Gasteiger partial charge in [0.2, 0.25) is 0 Å². The molecule has 2 aromatic heterocycles. The smallest absolute Gasteiger partial charge is 0.263 e. The first-order chi connectivity index (χ1) is 12.7. The lowest BCUT2D eigenvalue weighted by atomic mass is 9.97. The molecule has 0 aliphatic rings. The van der Waals surface area contributed by atoms with E-state index in [0.717, 1.165) is 11.1 Å². The maximum atomic E-state index is 13.7. The second-order valence-electron chi connectivity index (χ2n) is 7.51. The quantitative estimate of drug-likeness (QED) is 0.683. The number of aromatic nitrogens is 1. The molecule has 2 heterocycles. The van der Waals surface area contributed by atoms with Gasteiger partial charge in [0.25, 0.3) is 5.56 Å². The molecule has 0 spiro atoms. The molecule has 2 atom stereocenters. The van der Waals surface area contributed by atoms with Gasteiger partial charge in [-0.15, -0.1) is 4.72 Å². The fourth-order valence-corrected chi connectivity index (χ4v) is 3.69. The van der Waals surface area contributed by atoms with Gasteiger partial charge in [-0.2, -0.15) is 0 Å². The van der Waals surface area contributed by atoms with Gasteiger partial charge in [-0.05, 0) is 57.0 Å². The normalized spacial score (nSPS) is 14.3. The minimum absolute atomic E-state index is 0.302. The fourth-order valence-electron chi connectivity index (χ4n) is 2.89. The Hall–Kier alpha value is -2.15. The van der Waals surface area contributed by atoms with Gasteiger partial charge in [-0.25, -0.2) is 4.39 Å². The van der Waals surface area contributed by atoms with E-state index in [4.69, 9.17) is 0 Å². The van der Waals surface area contributed by atoms with Crippen LogP contribution in [0.5, 0.6) is 0 Å². The summed E-state index contributed by atoms with van der Waals surface area (Å²) in [6.07, 6.45) is 1.19. The molecular weight excluding hydrogens is 363 g/mol. The van der Waals surface area contributed by atoms with Crippen LogP contribution in [0, 0.1) is 5.82 Å². The van der Waals surface area contributed by atoms with Crippen molar-refractivity contribution in [2.45, 2.75) is 38.5 Å². The molecule has 1 unspecified atom stereocenters. The highest BCUT2D eigenvalue weighted by Crippen LogP contribution is 2.28. The molecule has 0 amide bonds. The molecule has 142 valence electrons. The molecule has 0 radical (unpaired) electrons. The molecule has 3 rings (SSSR count). The van der Waals surface area contributed by atoms with Crippen molar-refractivity contribution >= 4 is 16.9 Å². The lowest BCUT2D eigenvalue weighted by molar-refractivity contribution is 0.531. The van der Waals surface area contributed by atoms with E-state index in [-0.39, 0.29) is 11.6 Å². The summed E-state index contributed by atoms with van der Waals surface area (Å²) >= 11 is -1.30. The molecule has 27 heavy (non-hydrogen) atoms. The second kappa shape index (κ2) is 7.46. The highest BCUT2D eigenvalue weighted by atomic mass is 32.2. The number of halogens is 1. The summed E-state index contributed by atoms with van der Waals surface area (Å²) < 4.78 is 30.2. The van der Waals surface area contributed by atoms with E-state index in [1.165, 1.54) is 16.7 Å². The first kappa shape index (κ1) is 19.6. The molecule has 1 aromatic carbocycles. The molecule has 4 nitrogen and oxygen atoms in total. The van der Waals surface area contributed by atoms with Crippen molar-refractivity contribution in [1.29, 1.82) is 0 Å². The molecule has 0 bridgehead atoms. The standard InChI is InChI=1S/C21H23FN2O2S/c1-14(23-27(26)21(2,3)4)18-12-17-11-10-16(22)13-24(17)20(25)19(18)15-8-6-5-7-9-15/h5-14,23H,1-4H3/t14-,27?/m0/s1. The molecule has 1 N–H and O–H groups in total. The zero-order valence-corrected chi connectivity index (χ0v) is 16.6. The monoisotopic (exact) mass is 386 g/mol. The highest BCUT2D eigenvalue weighted by molar-refractivity contribution is 7.90. The maximum Gasteiger partial charge on any atom is 0.263 e. The van der Waals surface area contributed by atoms with Gasteiger partial charge in [-0.1, -0.05) is 30.3 Å². The molecule has 0 aliphatic carbocycles. The van der Waals surface area contributed by atoms with Crippen molar-refractivity contribution in [3.63, 3.8) is 0 Å². The Morgan fingerprint density at radius 2 is 1.81 bits per heavy atom. The molecule has 0 aliphatic heterocycles. The average Bonchev–Trinajstić information content (AvgIpc) is 2.62. The molecular formula is C21H23FN2O2S. The molecule has 6 heteroatoms. The Bertz CT molecular complexity index is 1010. The summed E-state index contributed by atoms with van der Waals surface area (Å²) in [6.45, 7) is 7.54. The summed E-state index contributed by atoms with van der Waals surface area (Å²) in [5, 5.41) is 0. The molecule has 0 fully saturated rings. The van der Waals surface area contributed by atoms with Crippen LogP contribution < -0.4 is 10.3 Å². The van der Waals surface area contributed by atoms with Crippen LogP contribution in [-0.4, -0.2) is 13.7 Å². The van der Waals surface area contributed by atoms with E-state index < -0.39 is 21.9 Å². The van der Waals surface area contributed by atoms with E-state index in [9.17, 15) is 13.7 Å². The van der Waals surface area contributed by atoms with Crippen molar-refractivity contribution in [2.24, 2.45) is 0 Å². The van der Waals surface area contributed by atoms with Crippen LogP contribution >= 0.6 is 0 Å². The van der Waals surface area contributed by atoms with Crippen molar-refractivity contribution in [2.75, 3.05) is 0 Å². The number of pyridine rings is 2. The summed E-state index contributed by atoms with van der Waals surface area (Å²) in [7, 11) is 0. The Balaban J connectivity index is 2.21. The first-order valence-corrected chi connectivity index (χ1v) is 9.92. The van der Waals surface area contributed by atoms with Gasteiger partial charge in [0.05, 0.1) is 11.6 Å². The maximum absolute atomic E-state index is 13.7. The van der Waals surface area contributed by atoms with E-state index >= 15 is 0 Å². The third kappa shape index (κ3) is 4.08. The Morgan fingerprint density at radius 1 is 1.15 bits per heavy atom. The van der Waals surface area contributed by atoms with Gasteiger partial charge in [0.1, 0.15) is 10.6 Å². The van der Waals surface area contributed by atoms with Gasteiger partial charge < -0.3 is 4.55 Å². The van der Waals surface area contributed by atoms with Crippen LogP contribution in [0.15, 0.2) is 59.5 Å². The number of hydrogen-bond donors (Lipinski definition) is 1. The highest BCUT2D eigenvalue weighted by Gasteiger charge is 2.29. The third-order valence-electron chi connectivity index (χ3n) is 4.34. The third-order valence-corrected chi connectivity index (χ3v) is 6.02. The van der Waals surface area contributed by atoms with Crippen LogP contribution in [0.25, 0.3) is 16.6 Å². The summed E-state index contributed by atoms with van der Waals surface area (Å²) in [5.41, 5.74) is 2.24. The lowest BCUT2D eigenvalue weighted by Crippen LogP contribution is -2.41. The van der Waals surface area contributed by atoms with Crippen LogP contribution in [-0.2, 0) is 11.4 Å². The molecule has 3 aromatic rings. The number of hydrogen-bond acceptors (Lipinski definition) is 3. The van der Waals surface area contributed by atoms with Gasteiger partial charge in [0, 0.05) is 23.1 Å². The van der Waals surface area contributed by atoms with Gasteiger partial charge in [-0.3, -0.25) is 9.20 Å². The minimum atomic E-state index is -1.30. The van der Waals surface area contributed by atoms with E-state index in [0.29, 0.717) is 11.1 Å². The number of rotatable bonds is 4. The van der Waals surface area contributed by atoms with Crippen LogP contribution in [0.4, 0.5) is 4.39 Å². The van der Waals surface area contributed by atoms with Crippen LogP contribution in [0.3, 0.4) is 0 Å². The van der Waals surface area contributed by atoms with E-state index in [1.54, 1.807) is 6.07 Å². The van der Waals surface area contributed by atoms with Gasteiger partial charge in [0.15, 0.2) is 0 Å². The number of nitrogens with zero attached hydrogens (tertiary/aromatic N) is 1. The molecule has 0 saturated heterocycles. The van der Waals surface area contributed by atoms with Crippen molar-refractivity contribution in [1.82, 2.24) is 9.12 Å². The summed E-state index contributed by atoms with van der Waals surface area (Å²) in [6, 6.07) is 13.7. The SMILES string of the molecule is C[C@H](N[S+]([O-])C(C)(C)C)c1cc2ccc(F)cn2c(=O)c1-c1ccccc1. The zero-order chi connectivity index (χ0) is 19.8. The fraction of sp³-hybridized carbons (Fsp3) is 0.286. The largest absolute Gasteiger partial charge is 0.598 e. The van der Waals surface area contributed by atoms with Gasteiger partial charge >= 0.3 is 0 Å². The first-order valence-electron chi connectivity index (χ1n) is 8.77. The van der Waals surface area contributed by atoms with E-state index in [2.05, 4.69) is 4.72 Å². The Morgan fingerprint density at radius 3 is 2.44 bits per heavy atom.